The van der Waals surface area contributed by atoms with Gasteiger partial charge < -0.3 is 36.4 Å². The molecular formula is C15H26BNO8. The minimum Gasteiger partial charge on any atom is -0.480 e. The number of aliphatic hydroxyl groups is 5. The average Bonchev–Trinajstić information content (AvgIpc) is 2.60. The Bertz CT molecular complexity index is 502. The summed E-state index contributed by atoms with van der Waals surface area (Å²) < 4.78 is 0. The van der Waals surface area contributed by atoms with Gasteiger partial charge in [0.05, 0.1) is 15.0 Å². The Hall–Kier alpha value is -1.82. The first kappa shape index (κ1) is 25.4. The quantitative estimate of drug-likeness (QED) is 0.228. The number of aliphatic carboxylic acids is 1. The standard InChI is InChI=1S/C9H11NO2.C6H12O6.BH3/c10-8(9(11)12)6-7-4-2-1-3-5-7;7-1-3(9)5(11)6(12)4(10)2-8;/h1-5,8H,6,10H2,(H,11,12);3,5-9,11-12H,1-2H2;1H3. The predicted octanol–water partition coefficient (Wildman–Crippen LogP) is -3.92. The van der Waals surface area contributed by atoms with Crippen LogP contribution in [0.3, 0.4) is 0 Å². The number of carboxylic acids is 1. The Labute approximate surface area is 146 Å². The summed E-state index contributed by atoms with van der Waals surface area (Å²) in [5.41, 5.74) is 6.30. The fourth-order valence-corrected chi connectivity index (χ4v) is 1.56. The molecule has 10 heteroatoms. The number of carbonyl (C=O) groups excluding carboxylic acids is 1. The Morgan fingerprint density at radius 1 is 1.04 bits per heavy atom. The maximum Gasteiger partial charge on any atom is 0.320 e. The second-order valence-corrected chi connectivity index (χ2v) is 4.94. The van der Waals surface area contributed by atoms with E-state index in [4.69, 9.17) is 36.4 Å². The number of aliphatic hydroxyl groups excluding tert-OH is 5. The zero-order valence-corrected chi connectivity index (χ0v) is 12.9. The van der Waals surface area contributed by atoms with Crippen molar-refractivity contribution < 1.29 is 40.2 Å². The van der Waals surface area contributed by atoms with Gasteiger partial charge >= 0.3 is 5.97 Å². The number of rotatable bonds is 8. The summed E-state index contributed by atoms with van der Waals surface area (Å²) in [7, 11) is 0. The van der Waals surface area contributed by atoms with E-state index < -0.39 is 49.3 Å². The molecule has 9 nitrogen and oxygen atoms in total. The van der Waals surface area contributed by atoms with Gasteiger partial charge in [-0.2, -0.15) is 0 Å². The van der Waals surface area contributed by atoms with Gasteiger partial charge in [-0.3, -0.25) is 9.59 Å². The van der Waals surface area contributed by atoms with Crippen LogP contribution in [0.4, 0.5) is 0 Å². The highest BCUT2D eigenvalue weighted by molar-refractivity contribution is 5.84. The van der Waals surface area contributed by atoms with Crippen LogP contribution < -0.4 is 5.73 Å². The number of carbonyl (C=O) groups is 2. The lowest BCUT2D eigenvalue weighted by Gasteiger charge is -2.19. The average molecular weight is 359 g/mol. The van der Waals surface area contributed by atoms with E-state index in [0.717, 1.165) is 5.56 Å². The molecule has 25 heavy (non-hydrogen) atoms. The van der Waals surface area contributed by atoms with Crippen molar-refractivity contribution in [3.63, 3.8) is 0 Å². The van der Waals surface area contributed by atoms with E-state index >= 15 is 0 Å². The number of hydrogen-bond donors (Lipinski definition) is 7. The van der Waals surface area contributed by atoms with Crippen molar-refractivity contribution in [3.8, 4) is 0 Å². The molecule has 0 aliphatic carbocycles. The van der Waals surface area contributed by atoms with Crippen LogP contribution in [0.15, 0.2) is 30.3 Å². The van der Waals surface area contributed by atoms with Crippen LogP contribution in [0.5, 0.6) is 0 Å². The molecule has 142 valence electrons. The monoisotopic (exact) mass is 359 g/mol. The van der Waals surface area contributed by atoms with Crippen LogP contribution >= 0.6 is 0 Å². The van der Waals surface area contributed by atoms with Gasteiger partial charge in [-0.05, 0) is 12.0 Å². The lowest BCUT2D eigenvalue weighted by atomic mass is 10.1. The van der Waals surface area contributed by atoms with Crippen molar-refractivity contribution in [2.24, 2.45) is 5.73 Å². The molecule has 0 aromatic heterocycles. The Morgan fingerprint density at radius 2 is 1.56 bits per heavy atom. The summed E-state index contributed by atoms with van der Waals surface area (Å²) in [5, 5.41) is 51.6. The van der Waals surface area contributed by atoms with Gasteiger partial charge in [0.2, 0.25) is 0 Å². The Kier molecular flexibility index (Phi) is 13.7. The summed E-state index contributed by atoms with van der Waals surface area (Å²) in [6.45, 7) is -1.69. The van der Waals surface area contributed by atoms with Crippen LogP contribution in [-0.4, -0.2) is 88.4 Å². The molecule has 8 N–H and O–H groups in total. The maximum atomic E-state index is 10.5. The first-order valence-corrected chi connectivity index (χ1v) is 7.05. The van der Waals surface area contributed by atoms with Gasteiger partial charge in [0.1, 0.15) is 31.0 Å². The molecule has 1 aromatic carbocycles. The third-order valence-corrected chi connectivity index (χ3v) is 3.01. The summed E-state index contributed by atoms with van der Waals surface area (Å²) >= 11 is 0. The van der Waals surface area contributed by atoms with E-state index in [1.165, 1.54) is 0 Å². The Balaban J connectivity index is 0. The number of nitrogens with two attached hydrogens (primary N) is 1. The Morgan fingerprint density at radius 3 is 1.96 bits per heavy atom. The summed E-state index contributed by atoms with van der Waals surface area (Å²) in [5.74, 6) is -1.96. The van der Waals surface area contributed by atoms with Crippen LogP contribution in [0.25, 0.3) is 0 Å². The largest absolute Gasteiger partial charge is 0.480 e. The summed E-state index contributed by atoms with van der Waals surface area (Å²) in [6, 6.07) is 8.54. The van der Waals surface area contributed by atoms with Crippen LogP contribution in [0.1, 0.15) is 5.56 Å². The molecule has 0 saturated heterocycles. The van der Waals surface area contributed by atoms with Crippen molar-refractivity contribution in [3.05, 3.63) is 35.9 Å². The third-order valence-electron chi connectivity index (χ3n) is 3.01. The van der Waals surface area contributed by atoms with E-state index in [9.17, 15) is 9.59 Å². The molecule has 0 radical (unpaired) electrons. The second-order valence-electron chi connectivity index (χ2n) is 4.94. The number of carboxylic acid groups (broad SMARTS) is 1. The highest BCUT2D eigenvalue weighted by Gasteiger charge is 2.28. The van der Waals surface area contributed by atoms with Gasteiger partial charge in [0.25, 0.3) is 0 Å². The number of benzene rings is 1. The number of ketones is 1. The molecule has 0 aliphatic heterocycles. The van der Waals surface area contributed by atoms with Crippen molar-refractivity contribution in [1.82, 2.24) is 0 Å². The fourth-order valence-electron chi connectivity index (χ4n) is 1.56. The fraction of sp³-hybridized carbons (Fsp3) is 0.467. The third kappa shape index (κ3) is 9.92. The maximum absolute atomic E-state index is 10.5. The smallest absolute Gasteiger partial charge is 0.320 e. The molecule has 0 saturated carbocycles. The van der Waals surface area contributed by atoms with Crippen molar-refractivity contribution in [2.45, 2.75) is 30.8 Å². The molecule has 4 atom stereocenters. The van der Waals surface area contributed by atoms with Crippen LogP contribution in [0.2, 0.25) is 0 Å². The molecule has 0 spiro atoms. The van der Waals surface area contributed by atoms with E-state index in [1.54, 1.807) is 0 Å². The predicted molar refractivity (Wildman–Crippen MR) is 92.9 cm³/mol. The van der Waals surface area contributed by atoms with E-state index in [0.29, 0.717) is 6.42 Å². The minimum absolute atomic E-state index is 0. The highest BCUT2D eigenvalue weighted by atomic mass is 16.4. The van der Waals surface area contributed by atoms with E-state index in [2.05, 4.69) is 0 Å². The molecular weight excluding hydrogens is 333 g/mol. The van der Waals surface area contributed by atoms with Crippen molar-refractivity contribution in [2.75, 3.05) is 13.2 Å². The first-order chi connectivity index (χ1) is 11.2. The van der Waals surface area contributed by atoms with Gasteiger partial charge in [-0.25, -0.2) is 0 Å². The lowest BCUT2D eigenvalue weighted by molar-refractivity contribution is -0.142. The van der Waals surface area contributed by atoms with Crippen molar-refractivity contribution >= 4 is 20.2 Å². The van der Waals surface area contributed by atoms with Gasteiger partial charge in [-0.1, -0.05) is 30.3 Å². The molecule has 1 aromatic rings. The lowest BCUT2D eigenvalue weighted by Crippen LogP contribution is -2.44. The minimum atomic E-state index is -1.86. The van der Waals surface area contributed by atoms with Crippen LogP contribution in [-0.2, 0) is 16.0 Å². The first-order valence-electron chi connectivity index (χ1n) is 7.05. The van der Waals surface area contributed by atoms with E-state index in [-0.39, 0.29) is 8.41 Å². The SMILES string of the molecule is B.NC(Cc1ccccc1)C(=O)O.O=C(CO)C(O)C(O)C(O)CO. The zero-order valence-electron chi connectivity index (χ0n) is 12.9. The normalized spacial score (nSPS) is 14.8. The number of Topliss-reactive ketones (excluding diaryl/α,β-unsaturated/α-hetero) is 1. The van der Waals surface area contributed by atoms with Crippen LogP contribution in [0, 0.1) is 0 Å². The second kappa shape index (κ2) is 13.5. The molecule has 4 unspecified atom stereocenters. The molecule has 0 bridgehead atoms. The highest BCUT2D eigenvalue weighted by Crippen LogP contribution is 2.01. The molecule has 0 fully saturated rings. The topological polar surface area (TPSA) is 182 Å². The van der Waals surface area contributed by atoms with Gasteiger partial charge in [0, 0.05) is 0 Å². The van der Waals surface area contributed by atoms with Gasteiger partial charge in [0.15, 0.2) is 5.78 Å². The van der Waals surface area contributed by atoms with Gasteiger partial charge in [-0.15, -0.1) is 0 Å². The summed E-state index contributed by atoms with van der Waals surface area (Å²) in [6.07, 6.45) is -4.84. The number of hydrogen-bond acceptors (Lipinski definition) is 8. The molecule has 1 rings (SSSR count). The molecule has 0 heterocycles. The summed E-state index contributed by atoms with van der Waals surface area (Å²) in [4.78, 5) is 20.9. The van der Waals surface area contributed by atoms with E-state index in [1.807, 2.05) is 30.3 Å². The van der Waals surface area contributed by atoms with Crippen molar-refractivity contribution in [1.29, 1.82) is 0 Å². The zero-order chi connectivity index (χ0) is 18.7. The molecule has 0 amide bonds. The molecule has 0 aliphatic rings.